The Balaban J connectivity index is 2.40. The van der Waals surface area contributed by atoms with Gasteiger partial charge in [0.15, 0.2) is 18.5 Å². The Kier molecular flexibility index (Phi) is 9.63. The highest BCUT2D eigenvalue weighted by atomic mass is 79.9. The summed E-state index contributed by atoms with van der Waals surface area (Å²) in [5.41, 5.74) is 0.998. The van der Waals surface area contributed by atoms with E-state index in [1.165, 1.54) is 19.9 Å². The third kappa shape index (κ3) is 6.60. The number of alkyl halides is 1. The molecule has 1 saturated heterocycles. The monoisotopic (exact) mass is 499 g/mol. The highest BCUT2D eigenvalue weighted by molar-refractivity contribution is 9.08. The van der Waals surface area contributed by atoms with Gasteiger partial charge >= 0.3 is 11.9 Å². The van der Waals surface area contributed by atoms with Crippen molar-refractivity contribution in [2.24, 2.45) is 0 Å². The third-order valence-electron chi connectivity index (χ3n) is 4.50. The Labute approximate surface area is 188 Å². The van der Waals surface area contributed by atoms with Crippen LogP contribution in [0.25, 0.3) is 0 Å². The van der Waals surface area contributed by atoms with Crippen LogP contribution in [0.1, 0.15) is 29.8 Å². The molecule has 1 aliphatic rings. The maximum absolute atomic E-state index is 12.9. The van der Waals surface area contributed by atoms with Crippen LogP contribution in [0.15, 0.2) is 36.9 Å². The number of aliphatic hydroxyl groups excluding tert-OH is 1. The molecule has 1 aromatic rings. The van der Waals surface area contributed by atoms with Gasteiger partial charge in [-0.3, -0.25) is 9.59 Å². The molecule has 1 heterocycles. The molecule has 2 rings (SSSR count). The van der Waals surface area contributed by atoms with E-state index in [9.17, 15) is 19.5 Å². The van der Waals surface area contributed by atoms with Gasteiger partial charge in [0.1, 0.15) is 12.1 Å². The Bertz CT molecular complexity index is 801. The maximum atomic E-state index is 12.9. The molecule has 0 spiro atoms. The van der Waals surface area contributed by atoms with Gasteiger partial charge in [0.05, 0.1) is 18.8 Å². The largest absolute Gasteiger partial charge is 0.456 e. The molecule has 1 aromatic carbocycles. The van der Waals surface area contributed by atoms with E-state index in [1.54, 1.807) is 24.3 Å². The average Bonchev–Trinajstić information content (AvgIpc) is 2.74. The fourth-order valence-electron chi connectivity index (χ4n) is 3.24. The van der Waals surface area contributed by atoms with Crippen molar-refractivity contribution in [1.29, 1.82) is 0 Å². The molecular weight excluding hydrogens is 474 g/mol. The van der Waals surface area contributed by atoms with Crippen molar-refractivity contribution in [1.82, 2.24) is 5.32 Å². The highest BCUT2D eigenvalue weighted by Crippen LogP contribution is 2.28. The van der Waals surface area contributed by atoms with Crippen LogP contribution in [0.2, 0.25) is 0 Å². The number of carbonyl (C=O) groups is 3. The lowest BCUT2D eigenvalue weighted by Gasteiger charge is -2.44. The van der Waals surface area contributed by atoms with Crippen molar-refractivity contribution in [2.75, 3.05) is 13.2 Å². The van der Waals surface area contributed by atoms with Crippen molar-refractivity contribution in [3.8, 4) is 0 Å². The molecule has 170 valence electrons. The number of hydrogen-bond acceptors (Lipinski definition) is 8. The van der Waals surface area contributed by atoms with Crippen LogP contribution in [0, 0.1) is 0 Å². The summed E-state index contributed by atoms with van der Waals surface area (Å²) in [7, 11) is 0. The second kappa shape index (κ2) is 11.9. The fraction of sp³-hybridized carbons (Fsp3) is 0.476. The van der Waals surface area contributed by atoms with Crippen molar-refractivity contribution >= 4 is 33.8 Å². The first-order valence-corrected chi connectivity index (χ1v) is 10.7. The summed E-state index contributed by atoms with van der Waals surface area (Å²) in [6, 6.07) is 5.83. The van der Waals surface area contributed by atoms with Gasteiger partial charge in [-0.1, -0.05) is 40.2 Å². The fourth-order valence-corrected chi connectivity index (χ4v) is 3.73. The SMILES string of the molecule is C=CCO[C@H]1O[C@H](CO)[C@@H](OC(=O)c2ccccc2CBr)[C@H](OC(C)=O)[C@H]1NC(C)=O. The summed E-state index contributed by atoms with van der Waals surface area (Å²) in [6.07, 6.45) is -3.03. The van der Waals surface area contributed by atoms with Gasteiger partial charge < -0.3 is 29.4 Å². The molecule has 5 atom stereocenters. The lowest BCUT2D eigenvalue weighted by molar-refractivity contribution is -0.270. The minimum Gasteiger partial charge on any atom is -0.456 e. The quantitative estimate of drug-likeness (QED) is 0.297. The lowest BCUT2D eigenvalue weighted by Crippen LogP contribution is -2.66. The first-order chi connectivity index (χ1) is 14.8. The van der Waals surface area contributed by atoms with Crippen LogP contribution >= 0.6 is 15.9 Å². The highest BCUT2D eigenvalue weighted by Gasteiger charge is 2.51. The normalized spacial score (nSPS) is 25.4. The van der Waals surface area contributed by atoms with Crippen molar-refractivity contribution in [2.45, 2.75) is 49.8 Å². The lowest BCUT2D eigenvalue weighted by atomic mass is 9.96. The van der Waals surface area contributed by atoms with E-state index in [2.05, 4.69) is 27.8 Å². The topological polar surface area (TPSA) is 120 Å². The molecule has 0 aliphatic carbocycles. The molecule has 9 nitrogen and oxygen atoms in total. The summed E-state index contributed by atoms with van der Waals surface area (Å²) in [4.78, 5) is 36.5. The van der Waals surface area contributed by atoms with Crippen LogP contribution in [-0.4, -0.2) is 66.8 Å². The van der Waals surface area contributed by atoms with Gasteiger partial charge in [-0.05, 0) is 11.6 Å². The zero-order valence-corrected chi connectivity index (χ0v) is 18.9. The zero-order valence-electron chi connectivity index (χ0n) is 17.3. The summed E-state index contributed by atoms with van der Waals surface area (Å²) in [6.45, 7) is 5.56. The van der Waals surface area contributed by atoms with Crippen LogP contribution < -0.4 is 5.32 Å². The van der Waals surface area contributed by atoms with E-state index in [0.717, 1.165) is 0 Å². The molecule has 31 heavy (non-hydrogen) atoms. The number of hydrogen-bond donors (Lipinski definition) is 2. The summed E-state index contributed by atoms with van der Waals surface area (Å²) < 4.78 is 22.4. The Morgan fingerprint density at radius 1 is 1.23 bits per heavy atom. The standard InChI is InChI=1S/C21H26BrNO8/c1-4-9-28-21-17(23-12(2)25)19(29-13(3)26)18(16(11-24)30-21)31-20(27)15-8-6-5-7-14(15)10-22/h4-8,16-19,21,24H,1,9-11H2,2-3H3,(H,23,25)/t16-,17-,18-,19-,21+/m1/s1. The third-order valence-corrected chi connectivity index (χ3v) is 5.11. The van der Waals surface area contributed by atoms with E-state index >= 15 is 0 Å². The number of benzene rings is 1. The van der Waals surface area contributed by atoms with Gasteiger partial charge in [0, 0.05) is 19.2 Å². The number of rotatable bonds is 9. The molecule has 2 N–H and O–H groups in total. The number of amides is 1. The van der Waals surface area contributed by atoms with E-state index in [4.69, 9.17) is 18.9 Å². The van der Waals surface area contributed by atoms with Crippen molar-refractivity contribution in [3.63, 3.8) is 0 Å². The minimum atomic E-state index is -1.20. The number of carbonyl (C=O) groups excluding carboxylic acids is 3. The molecule has 10 heteroatoms. The van der Waals surface area contributed by atoms with Crippen molar-refractivity contribution < 1.29 is 38.4 Å². The molecule has 1 fully saturated rings. The Hall–Kier alpha value is -2.27. The maximum Gasteiger partial charge on any atom is 0.338 e. The molecule has 0 radical (unpaired) electrons. The van der Waals surface area contributed by atoms with Gasteiger partial charge in [-0.2, -0.15) is 0 Å². The summed E-state index contributed by atoms with van der Waals surface area (Å²) >= 11 is 3.33. The van der Waals surface area contributed by atoms with Gasteiger partial charge in [0.25, 0.3) is 0 Å². The molecular formula is C21H26BrNO8. The van der Waals surface area contributed by atoms with Crippen molar-refractivity contribution in [3.05, 3.63) is 48.0 Å². The number of halogens is 1. The van der Waals surface area contributed by atoms with E-state index in [1.807, 2.05) is 0 Å². The predicted molar refractivity (Wildman–Crippen MR) is 113 cm³/mol. The summed E-state index contributed by atoms with van der Waals surface area (Å²) in [5, 5.41) is 12.9. The smallest absolute Gasteiger partial charge is 0.338 e. The second-order valence-corrected chi connectivity index (χ2v) is 7.37. The number of nitrogens with one attached hydrogen (secondary N) is 1. The first kappa shape index (κ1) is 25.0. The molecule has 0 saturated carbocycles. The summed E-state index contributed by atoms with van der Waals surface area (Å²) in [5.74, 6) is -1.79. The first-order valence-electron chi connectivity index (χ1n) is 9.60. The molecule has 1 amide bonds. The van der Waals surface area contributed by atoms with Crippen LogP contribution in [0.4, 0.5) is 0 Å². The van der Waals surface area contributed by atoms with Gasteiger partial charge in [-0.25, -0.2) is 4.79 Å². The Morgan fingerprint density at radius 2 is 1.94 bits per heavy atom. The van der Waals surface area contributed by atoms with E-state index < -0.39 is 55.1 Å². The number of aliphatic hydroxyl groups is 1. The minimum absolute atomic E-state index is 0.0781. The van der Waals surface area contributed by atoms with Crippen LogP contribution in [-0.2, 0) is 33.9 Å². The molecule has 0 bridgehead atoms. The number of esters is 2. The molecule has 1 aliphatic heterocycles. The zero-order chi connectivity index (χ0) is 23.0. The van der Waals surface area contributed by atoms with Gasteiger partial charge in [0.2, 0.25) is 5.91 Å². The predicted octanol–water partition coefficient (Wildman–Crippen LogP) is 1.46. The van der Waals surface area contributed by atoms with Crippen LogP contribution in [0.5, 0.6) is 0 Å². The van der Waals surface area contributed by atoms with Gasteiger partial charge in [-0.15, -0.1) is 6.58 Å². The Morgan fingerprint density at radius 3 is 2.52 bits per heavy atom. The number of ether oxygens (including phenoxy) is 4. The second-order valence-electron chi connectivity index (χ2n) is 6.81. The molecule has 0 unspecified atom stereocenters. The molecule has 0 aromatic heterocycles. The van der Waals surface area contributed by atoms with E-state index in [0.29, 0.717) is 16.5 Å². The average molecular weight is 500 g/mol. The van der Waals surface area contributed by atoms with E-state index in [-0.39, 0.29) is 6.61 Å². The van der Waals surface area contributed by atoms with Crippen LogP contribution in [0.3, 0.4) is 0 Å².